The molecule has 3 heterocycles. The van der Waals surface area contributed by atoms with Crippen LogP contribution in [0.1, 0.15) is 50.8 Å². The smallest absolute Gasteiger partial charge is 0.408 e. The van der Waals surface area contributed by atoms with Crippen molar-refractivity contribution < 1.29 is 41.8 Å². The van der Waals surface area contributed by atoms with Gasteiger partial charge in [0.2, 0.25) is 11.8 Å². The van der Waals surface area contributed by atoms with Crippen LogP contribution in [-0.4, -0.2) is 76.0 Å². The maximum absolute atomic E-state index is 14.1. The van der Waals surface area contributed by atoms with Crippen LogP contribution in [0.25, 0.3) is 0 Å². The highest BCUT2D eigenvalue weighted by atomic mass is 32.2. The van der Waals surface area contributed by atoms with Gasteiger partial charge in [-0.1, -0.05) is 60.7 Å². The number of ether oxygens (including phenoxy) is 2. The van der Waals surface area contributed by atoms with Crippen molar-refractivity contribution in [2.45, 2.75) is 69.0 Å². The highest BCUT2D eigenvalue weighted by Gasteiger charge is 2.56. The predicted octanol–water partition coefficient (Wildman–Crippen LogP) is 5.49. The second kappa shape index (κ2) is 13.2. The number of carbonyl (C=O) groups excluding carboxylic acids is 4. The van der Waals surface area contributed by atoms with E-state index in [9.17, 15) is 32.3 Å². The molecule has 3 aliphatic heterocycles. The van der Waals surface area contributed by atoms with Crippen LogP contribution in [0.4, 0.5) is 18.0 Å². The Morgan fingerprint density at radius 1 is 1.02 bits per heavy atom. The van der Waals surface area contributed by atoms with Gasteiger partial charge >= 0.3 is 18.2 Å². The summed E-state index contributed by atoms with van der Waals surface area (Å²) in [7, 11) is 0. The van der Waals surface area contributed by atoms with Crippen LogP contribution < -0.4 is 5.32 Å². The maximum atomic E-state index is 14.1. The molecule has 3 aliphatic rings. The molecule has 244 valence electrons. The monoisotopic (exact) mass is 657 g/mol. The number of benzene rings is 2. The topological polar surface area (TPSA) is 105 Å². The van der Waals surface area contributed by atoms with Crippen LogP contribution in [0.5, 0.6) is 0 Å². The summed E-state index contributed by atoms with van der Waals surface area (Å²) in [4.78, 5) is 55.3. The molecule has 2 aromatic carbocycles. The average molecular weight is 658 g/mol. The number of β-lactam (4-membered cyclic amide) rings is 1. The highest BCUT2D eigenvalue weighted by Crippen LogP contribution is 2.42. The normalized spacial score (nSPS) is 22.6. The lowest BCUT2D eigenvalue weighted by Crippen LogP contribution is -2.74. The fourth-order valence-electron chi connectivity index (χ4n) is 5.55. The standard InChI is InChI=1S/C33H34F3N3O6S/c1-32(2,3)45-31(43)37-24-28(41)39-25(30(42)44-26(20-11-6-4-7-12-20)21-13-8-5-9-14-21)23(18-46-29(24)39)17-22-15-10-16-38(27(22)40)19-33(34,35)36/h4-9,11-14,17-18,24-26,29H,10,15-16,19H2,1-3H3,(H,37,43)/t24-,25+,29-/m1/s1. The van der Waals surface area contributed by atoms with Crippen LogP contribution in [0.15, 0.2) is 83.3 Å². The van der Waals surface area contributed by atoms with E-state index < -0.39 is 65.8 Å². The number of esters is 1. The molecule has 3 amide bonds. The van der Waals surface area contributed by atoms with Crippen molar-refractivity contribution in [2.24, 2.45) is 0 Å². The van der Waals surface area contributed by atoms with Gasteiger partial charge in [-0.15, -0.1) is 11.8 Å². The molecule has 5 rings (SSSR count). The summed E-state index contributed by atoms with van der Waals surface area (Å²) in [6.07, 6.45) is -4.31. The van der Waals surface area contributed by atoms with E-state index in [-0.39, 0.29) is 24.1 Å². The molecule has 2 fully saturated rings. The van der Waals surface area contributed by atoms with Crippen molar-refractivity contribution in [3.63, 3.8) is 0 Å². The van der Waals surface area contributed by atoms with Crippen LogP contribution in [0.2, 0.25) is 0 Å². The van der Waals surface area contributed by atoms with E-state index in [2.05, 4.69) is 5.32 Å². The molecule has 2 saturated heterocycles. The summed E-state index contributed by atoms with van der Waals surface area (Å²) in [5.74, 6) is -2.15. The van der Waals surface area contributed by atoms with Crippen LogP contribution in [0.3, 0.4) is 0 Å². The second-order valence-corrected chi connectivity index (χ2v) is 13.2. The maximum Gasteiger partial charge on any atom is 0.408 e. The molecule has 1 N–H and O–H groups in total. The SMILES string of the molecule is CC(C)(C)OC(=O)N[C@@H]1C(=O)N2[C@H](C(=O)OC(c3ccccc3)c3ccccc3)C(C=C3CCCN(CC(F)(F)F)C3=O)=CS[C@H]12. The molecule has 3 atom stereocenters. The number of hydrogen-bond donors (Lipinski definition) is 1. The Hall–Kier alpha value is -4.26. The molecule has 0 saturated carbocycles. The third-order valence-electron chi connectivity index (χ3n) is 7.50. The summed E-state index contributed by atoms with van der Waals surface area (Å²) in [5.41, 5.74) is 0.873. The average Bonchev–Trinajstić information content (AvgIpc) is 2.99. The zero-order valence-electron chi connectivity index (χ0n) is 25.5. The molecule has 0 aliphatic carbocycles. The number of thioether (sulfide) groups is 1. The molecule has 9 nitrogen and oxygen atoms in total. The van der Waals surface area contributed by atoms with Gasteiger partial charge in [0, 0.05) is 12.1 Å². The number of likely N-dealkylation sites (tertiary alicyclic amines) is 1. The minimum Gasteiger partial charge on any atom is -0.451 e. The second-order valence-electron chi connectivity index (χ2n) is 12.2. The summed E-state index contributed by atoms with van der Waals surface area (Å²) in [5, 5.41) is 3.46. The molecule has 0 unspecified atom stereocenters. The van der Waals surface area contributed by atoms with Crippen molar-refractivity contribution in [3.05, 3.63) is 94.4 Å². The fraction of sp³-hybridized carbons (Fsp3) is 0.394. The summed E-state index contributed by atoms with van der Waals surface area (Å²) in [6, 6.07) is 15.7. The van der Waals surface area contributed by atoms with Gasteiger partial charge in [0.05, 0.1) is 0 Å². The third kappa shape index (κ3) is 7.57. The molecule has 0 spiro atoms. The van der Waals surface area contributed by atoms with Crippen molar-refractivity contribution in [1.82, 2.24) is 15.1 Å². The molecular weight excluding hydrogens is 623 g/mol. The number of piperidine rings is 1. The summed E-state index contributed by atoms with van der Waals surface area (Å²) >= 11 is 1.14. The molecular formula is C33H34F3N3O6S. The number of halogens is 3. The van der Waals surface area contributed by atoms with E-state index in [1.165, 1.54) is 11.0 Å². The van der Waals surface area contributed by atoms with E-state index in [4.69, 9.17) is 9.47 Å². The number of alkyl halides is 3. The number of hydrogen-bond acceptors (Lipinski definition) is 7. The first kappa shape index (κ1) is 33.1. The van der Waals surface area contributed by atoms with E-state index >= 15 is 0 Å². The summed E-state index contributed by atoms with van der Waals surface area (Å²) < 4.78 is 50.9. The molecule has 0 bridgehead atoms. The molecule has 13 heteroatoms. The van der Waals surface area contributed by atoms with E-state index in [1.807, 2.05) is 12.1 Å². The van der Waals surface area contributed by atoms with E-state index in [1.54, 1.807) is 74.7 Å². The zero-order valence-corrected chi connectivity index (χ0v) is 26.3. The number of amides is 3. The van der Waals surface area contributed by atoms with Crippen molar-refractivity contribution in [2.75, 3.05) is 13.1 Å². The molecule has 46 heavy (non-hydrogen) atoms. The molecule has 2 aromatic rings. The van der Waals surface area contributed by atoms with Crippen LogP contribution in [-0.2, 0) is 23.9 Å². The van der Waals surface area contributed by atoms with Gasteiger partial charge < -0.3 is 24.6 Å². The Morgan fingerprint density at radius 2 is 1.63 bits per heavy atom. The Kier molecular flexibility index (Phi) is 9.52. The quantitative estimate of drug-likeness (QED) is 0.239. The van der Waals surface area contributed by atoms with Gasteiger partial charge in [-0.05, 0) is 61.8 Å². The Morgan fingerprint density at radius 3 is 2.20 bits per heavy atom. The lowest BCUT2D eigenvalue weighted by Gasteiger charge is -2.51. The van der Waals surface area contributed by atoms with Crippen molar-refractivity contribution >= 4 is 35.6 Å². The lowest BCUT2D eigenvalue weighted by molar-refractivity contribution is -0.164. The number of nitrogens with one attached hydrogen (secondary N) is 1. The van der Waals surface area contributed by atoms with Gasteiger partial charge in [-0.3, -0.25) is 9.59 Å². The summed E-state index contributed by atoms with van der Waals surface area (Å²) in [6.45, 7) is 3.62. The number of nitrogens with zero attached hydrogens (tertiary/aromatic N) is 2. The number of rotatable bonds is 7. The number of carbonyl (C=O) groups is 4. The van der Waals surface area contributed by atoms with Gasteiger partial charge in [-0.2, -0.15) is 13.2 Å². The van der Waals surface area contributed by atoms with Gasteiger partial charge in [0.1, 0.15) is 23.6 Å². The minimum absolute atomic E-state index is 0.0461. The highest BCUT2D eigenvalue weighted by molar-refractivity contribution is 8.03. The zero-order chi connectivity index (χ0) is 33.2. The third-order valence-corrected chi connectivity index (χ3v) is 8.68. The Balaban J connectivity index is 1.47. The van der Waals surface area contributed by atoms with Gasteiger partial charge in [0.25, 0.3) is 0 Å². The Labute approximate surface area is 268 Å². The largest absolute Gasteiger partial charge is 0.451 e. The van der Waals surface area contributed by atoms with Crippen LogP contribution >= 0.6 is 11.8 Å². The van der Waals surface area contributed by atoms with Crippen molar-refractivity contribution in [3.8, 4) is 0 Å². The number of fused-ring (bicyclic) bond motifs is 1. The van der Waals surface area contributed by atoms with Gasteiger partial charge in [0.15, 0.2) is 12.1 Å². The van der Waals surface area contributed by atoms with Crippen molar-refractivity contribution in [1.29, 1.82) is 0 Å². The first-order valence-corrected chi connectivity index (χ1v) is 15.7. The lowest BCUT2D eigenvalue weighted by atomic mass is 9.94. The predicted molar refractivity (Wildman–Crippen MR) is 164 cm³/mol. The number of alkyl carbamates (subject to hydrolysis) is 1. The van der Waals surface area contributed by atoms with E-state index in [0.717, 1.165) is 16.7 Å². The Bertz CT molecular complexity index is 1500. The minimum atomic E-state index is -4.57. The first-order chi connectivity index (χ1) is 21.7. The molecule has 0 aromatic heterocycles. The first-order valence-electron chi connectivity index (χ1n) is 14.8. The van der Waals surface area contributed by atoms with Crippen LogP contribution in [0, 0.1) is 0 Å². The fourth-order valence-corrected chi connectivity index (χ4v) is 6.74. The van der Waals surface area contributed by atoms with E-state index in [0.29, 0.717) is 17.5 Å². The van der Waals surface area contributed by atoms with Gasteiger partial charge in [-0.25, -0.2) is 9.59 Å². The molecule has 0 radical (unpaired) electrons.